The highest BCUT2D eigenvalue weighted by atomic mass is 32.2. The van der Waals surface area contributed by atoms with E-state index in [-0.39, 0.29) is 40.9 Å². The van der Waals surface area contributed by atoms with Crippen LogP contribution < -0.4 is 17.1 Å². The smallest absolute Gasteiger partial charge is 0.396 e. The summed E-state index contributed by atoms with van der Waals surface area (Å²) < 4.78 is 140. The van der Waals surface area contributed by atoms with Gasteiger partial charge in [-0.25, -0.2) is 32.8 Å². The zero-order chi connectivity index (χ0) is 34.7. The lowest BCUT2D eigenvalue weighted by Gasteiger charge is -2.34. The van der Waals surface area contributed by atoms with Gasteiger partial charge in [0.15, 0.2) is 0 Å². The van der Waals surface area contributed by atoms with E-state index >= 15 is 0 Å². The van der Waals surface area contributed by atoms with Crippen molar-refractivity contribution in [3.63, 3.8) is 0 Å². The van der Waals surface area contributed by atoms with Gasteiger partial charge in [-0.2, -0.15) is 67.4 Å². The van der Waals surface area contributed by atoms with Crippen molar-refractivity contribution >= 4 is 23.5 Å². The van der Waals surface area contributed by atoms with Gasteiger partial charge in [0.2, 0.25) is 0 Å². The number of nitrogens with zero attached hydrogens (tertiary/aromatic N) is 3. The molecule has 0 saturated heterocycles. The molecular weight excluding hydrogens is 704 g/mol. The van der Waals surface area contributed by atoms with E-state index in [1.807, 2.05) is 0 Å². The number of thioether (sulfide) groups is 2. The summed E-state index contributed by atoms with van der Waals surface area (Å²) in [7, 11) is 0. The van der Waals surface area contributed by atoms with E-state index in [2.05, 4.69) is 4.74 Å². The third kappa shape index (κ3) is 12.9. The zero-order valence-corrected chi connectivity index (χ0v) is 25.7. The molecule has 0 saturated carbocycles. The van der Waals surface area contributed by atoms with Crippen molar-refractivity contribution in [3.8, 4) is 0 Å². The van der Waals surface area contributed by atoms with E-state index in [0.29, 0.717) is 57.8 Å². The number of aliphatic hydroxyl groups excluding tert-OH is 2. The lowest BCUT2D eigenvalue weighted by Crippen LogP contribution is -2.61. The van der Waals surface area contributed by atoms with E-state index < -0.39 is 78.2 Å². The molecule has 0 atom stereocenters. The largest absolute Gasteiger partial charge is 0.430 e. The highest BCUT2D eigenvalue weighted by molar-refractivity contribution is 7.99. The minimum atomic E-state index is -6.84. The Morgan fingerprint density at radius 2 is 0.957 bits per heavy atom. The number of hydrogen-bond acceptors (Lipinski definition) is 8. The molecule has 9 nitrogen and oxygen atoms in total. The highest BCUT2D eigenvalue weighted by Gasteiger charge is 2.75. The van der Waals surface area contributed by atoms with Crippen molar-refractivity contribution in [2.24, 2.45) is 0 Å². The van der Waals surface area contributed by atoms with Crippen LogP contribution >= 0.6 is 23.5 Å². The molecule has 0 aliphatic rings. The summed E-state index contributed by atoms with van der Waals surface area (Å²) in [6.45, 7) is -4.60. The van der Waals surface area contributed by atoms with Gasteiger partial charge in [0.1, 0.15) is 6.54 Å². The first kappa shape index (κ1) is 47.4. The van der Waals surface area contributed by atoms with Crippen LogP contribution in [-0.4, -0.2) is 90.1 Å². The number of aliphatic hydroxyl groups is 2. The van der Waals surface area contributed by atoms with Crippen LogP contribution in [0, 0.1) is 0 Å². The molecular formula is C26H43F10N3O6S2. The molecule has 0 radical (unpaired) electrons. The van der Waals surface area contributed by atoms with Gasteiger partial charge in [0.25, 0.3) is 0 Å². The molecule has 1 rings (SSSR count). The number of hydrogen-bond donors (Lipinski definition) is 2. The van der Waals surface area contributed by atoms with Crippen LogP contribution in [0.25, 0.3) is 0 Å². The number of halogens is 10. The molecule has 1 heterocycles. The summed E-state index contributed by atoms with van der Waals surface area (Å²) in [5.74, 6) is -16.7. The molecule has 1 aromatic heterocycles. The number of rotatable bonds is 23. The number of unbranched alkanes of at least 4 members (excludes halogenated alkanes) is 2. The van der Waals surface area contributed by atoms with Gasteiger partial charge in [0, 0.05) is 33.2 Å². The van der Waals surface area contributed by atoms with Crippen LogP contribution in [-0.2, 0) is 24.4 Å². The molecule has 0 amide bonds. The molecule has 0 unspecified atom stereocenters. The first-order valence-corrected chi connectivity index (χ1v) is 15.9. The molecule has 0 spiro atoms. The number of aromatic nitrogens is 3. The summed E-state index contributed by atoms with van der Waals surface area (Å²) >= 11 is 2.68. The van der Waals surface area contributed by atoms with Gasteiger partial charge in [-0.1, -0.05) is 14.9 Å². The Hall–Kier alpha value is -1.71. The Kier molecular flexibility index (Phi) is 20.3. The van der Waals surface area contributed by atoms with E-state index in [4.69, 9.17) is 10.2 Å². The molecule has 47 heavy (non-hydrogen) atoms. The van der Waals surface area contributed by atoms with Crippen LogP contribution in [0.3, 0.4) is 0 Å². The van der Waals surface area contributed by atoms with Gasteiger partial charge in [-0.05, 0) is 61.5 Å². The van der Waals surface area contributed by atoms with Crippen LogP contribution in [0.15, 0.2) is 14.4 Å². The van der Waals surface area contributed by atoms with Crippen molar-refractivity contribution in [1.82, 2.24) is 13.7 Å². The van der Waals surface area contributed by atoms with Crippen molar-refractivity contribution in [2.75, 3.05) is 36.2 Å². The minimum Gasteiger partial charge on any atom is -0.396 e. The lowest BCUT2D eigenvalue weighted by molar-refractivity contribution is -0.485. The molecule has 0 aliphatic heterocycles. The summed E-state index contributed by atoms with van der Waals surface area (Å²) in [6.07, 6.45) is -11.1. The maximum absolute atomic E-state index is 14.7. The Labute approximate surface area is 273 Å². The van der Waals surface area contributed by atoms with Crippen molar-refractivity contribution in [3.05, 3.63) is 31.5 Å². The van der Waals surface area contributed by atoms with E-state index in [0.717, 1.165) is 0 Å². The second-order valence-corrected chi connectivity index (χ2v) is 12.3. The molecule has 21 heteroatoms. The second kappa shape index (κ2) is 20.1. The second-order valence-electron chi connectivity index (χ2n) is 9.83. The number of ether oxygens (including phenoxy) is 1. The summed E-state index contributed by atoms with van der Waals surface area (Å²) in [5.41, 5.74) is -4.95. The normalized spacial score (nSPS) is 13.0. The van der Waals surface area contributed by atoms with Gasteiger partial charge >= 0.3 is 47.1 Å². The lowest BCUT2D eigenvalue weighted by atomic mass is 10.2. The van der Waals surface area contributed by atoms with Crippen LogP contribution in [0.1, 0.15) is 60.3 Å². The monoisotopic (exact) mass is 747 g/mol. The van der Waals surface area contributed by atoms with Crippen LogP contribution in [0.4, 0.5) is 43.9 Å². The van der Waals surface area contributed by atoms with E-state index in [1.165, 1.54) is 23.5 Å². The summed E-state index contributed by atoms with van der Waals surface area (Å²) in [4.78, 5) is 38.7. The first-order valence-electron chi connectivity index (χ1n) is 13.6. The van der Waals surface area contributed by atoms with E-state index in [1.54, 1.807) is 0 Å². The highest BCUT2D eigenvalue weighted by Crippen LogP contribution is 2.50. The average Bonchev–Trinajstić information content (AvgIpc) is 2.92. The standard InChI is InChI=1S/C24H35F10N3O6S2.2CH4/c1-20(25,26)22(29,30)24(33,34)43-23(31,32)21(27,28)16-37-18(41)35(8-6-14-44-12-4-2-10-38)17(40)36(19(37)42)9-7-15-45-13-5-3-11-39;;/h38-39H,2-16H2,1H3;2*1H4. The molecule has 0 aliphatic carbocycles. The Balaban J connectivity index is 0. The van der Waals surface area contributed by atoms with Crippen molar-refractivity contribution in [2.45, 2.75) is 110 Å². The van der Waals surface area contributed by atoms with Gasteiger partial charge < -0.3 is 10.2 Å². The van der Waals surface area contributed by atoms with Crippen molar-refractivity contribution in [1.29, 1.82) is 0 Å². The fourth-order valence-electron chi connectivity index (χ4n) is 3.53. The van der Waals surface area contributed by atoms with E-state index in [9.17, 15) is 58.3 Å². The topological polar surface area (TPSA) is 116 Å². The quantitative estimate of drug-likeness (QED) is 0.114. The maximum atomic E-state index is 14.7. The molecule has 1 aromatic rings. The molecule has 0 aromatic carbocycles. The summed E-state index contributed by atoms with van der Waals surface area (Å²) in [5, 5.41) is 17.6. The predicted molar refractivity (Wildman–Crippen MR) is 161 cm³/mol. The molecule has 0 bridgehead atoms. The zero-order valence-electron chi connectivity index (χ0n) is 24.1. The SMILES string of the molecule is C.C.CC(F)(F)C(F)(F)C(F)(F)OC(F)(F)C(F)(F)Cn1c(=O)n(CCCSCCCCO)c(=O)n(CCCSCCCCO)c1=O. The number of alkyl halides is 10. The Bertz CT molecular complexity index is 1180. The molecule has 0 fully saturated rings. The molecule has 280 valence electrons. The Morgan fingerprint density at radius 3 is 1.32 bits per heavy atom. The third-order valence-corrected chi connectivity index (χ3v) is 8.38. The summed E-state index contributed by atoms with van der Waals surface area (Å²) in [6, 6.07) is 0. The maximum Gasteiger partial charge on any atom is 0.430 e. The minimum absolute atomic E-state index is 0. The van der Waals surface area contributed by atoms with Crippen molar-refractivity contribution < 1.29 is 58.9 Å². The van der Waals surface area contributed by atoms with Gasteiger partial charge in [0.05, 0.1) is 0 Å². The fourth-order valence-corrected chi connectivity index (χ4v) is 5.42. The first-order chi connectivity index (χ1) is 20.7. The predicted octanol–water partition coefficient (Wildman–Crippen LogP) is 5.36. The third-order valence-electron chi connectivity index (χ3n) is 6.08. The Morgan fingerprint density at radius 1 is 0.596 bits per heavy atom. The van der Waals surface area contributed by atoms with Crippen LogP contribution in [0.2, 0.25) is 0 Å². The van der Waals surface area contributed by atoms with Gasteiger partial charge in [-0.3, -0.25) is 0 Å². The average molecular weight is 748 g/mol. The molecule has 2 N–H and O–H groups in total. The van der Waals surface area contributed by atoms with Gasteiger partial charge in [-0.15, -0.1) is 0 Å². The van der Waals surface area contributed by atoms with Crippen LogP contribution in [0.5, 0.6) is 0 Å². The fraction of sp³-hybridized carbons (Fsp3) is 0.885.